The fourth-order valence-corrected chi connectivity index (χ4v) is 4.23. The van der Waals surface area contributed by atoms with Gasteiger partial charge in [0.15, 0.2) is 0 Å². The van der Waals surface area contributed by atoms with Crippen LogP contribution in [-0.4, -0.2) is 39.4 Å². The van der Waals surface area contributed by atoms with Gasteiger partial charge in [-0.25, -0.2) is 18.1 Å². The summed E-state index contributed by atoms with van der Waals surface area (Å²) in [5.41, 5.74) is 1.74. The normalized spacial score (nSPS) is 12.4. The molecule has 0 aliphatic heterocycles. The van der Waals surface area contributed by atoms with E-state index < -0.39 is 15.9 Å². The Labute approximate surface area is 170 Å². The third kappa shape index (κ3) is 4.73. The lowest BCUT2D eigenvalue weighted by atomic mass is 10.2. The summed E-state index contributed by atoms with van der Waals surface area (Å²) in [4.78, 5) is 16.8. The van der Waals surface area contributed by atoms with Gasteiger partial charge in [0.05, 0.1) is 11.9 Å². The first kappa shape index (κ1) is 20.8. The highest BCUT2D eigenvalue weighted by molar-refractivity contribution is 7.90. The van der Waals surface area contributed by atoms with E-state index in [1.165, 1.54) is 0 Å². The van der Waals surface area contributed by atoms with Gasteiger partial charge in [-0.1, -0.05) is 19.8 Å². The monoisotopic (exact) mass is 415 g/mol. The fourth-order valence-electron chi connectivity index (χ4n) is 3.10. The Morgan fingerprint density at radius 3 is 2.83 bits per heavy atom. The third-order valence-electron chi connectivity index (χ3n) is 4.61. The molecule has 3 aromatic heterocycles. The number of nitrogens with one attached hydrogen (secondary N) is 1. The van der Waals surface area contributed by atoms with Crippen molar-refractivity contribution in [1.29, 1.82) is 0 Å². The van der Waals surface area contributed by atoms with Crippen LogP contribution in [0.3, 0.4) is 0 Å². The Morgan fingerprint density at radius 1 is 1.28 bits per heavy atom. The molecule has 0 saturated heterocycles. The van der Waals surface area contributed by atoms with Crippen LogP contribution in [0, 0.1) is 0 Å². The highest BCUT2D eigenvalue weighted by Crippen LogP contribution is 2.22. The van der Waals surface area contributed by atoms with Gasteiger partial charge in [0.25, 0.3) is 5.91 Å². The van der Waals surface area contributed by atoms with E-state index in [2.05, 4.69) is 14.8 Å². The van der Waals surface area contributed by atoms with E-state index in [9.17, 15) is 13.2 Å². The second kappa shape index (κ2) is 8.60. The van der Waals surface area contributed by atoms with Crippen molar-refractivity contribution in [2.75, 3.05) is 5.75 Å². The molecule has 0 aliphatic carbocycles. The summed E-state index contributed by atoms with van der Waals surface area (Å²) in [5, 5.41) is 5.27. The lowest BCUT2D eigenvalue weighted by molar-refractivity contribution is -0.115. The van der Waals surface area contributed by atoms with Crippen molar-refractivity contribution in [3.05, 3.63) is 47.9 Å². The third-order valence-corrected chi connectivity index (χ3v) is 5.93. The van der Waals surface area contributed by atoms with E-state index in [1.807, 2.05) is 35.9 Å². The zero-order valence-corrected chi connectivity index (χ0v) is 17.6. The molecule has 0 saturated carbocycles. The highest BCUT2D eigenvalue weighted by Gasteiger charge is 2.17. The van der Waals surface area contributed by atoms with Gasteiger partial charge >= 0.3 is 0 Å². The first-order valence-electron chi connectivity index (χ1n) is 9.50. The Kier molecular flexibility index (Phi) is 6.17. The van der Waals surface area contributed by atoms with Crippen molar-refractivity contribution in [3.8, 4) is 5.82 Å². The molecular weight excluding hydrogens is 390 g/mol. The molecule has 3 rings (SSSR count). The Bertz CT molecular complexity index is 1160. The molecular formula is C20H25N5O3S. The summed E-state index contributed by atoms with van der Waals surface area (Å²) in [6.07, 6.45) is 9.12. The van der Waals surface area contributed by atoms with Crippen molar-refractivity contribution in [2.24, 2.45) is 7.05 Å². The molecule has 0 fully saturated rings. The first-order valence-corrected chi connectivity index (χ1v) is 11.1. The molecule has 1 N–H and O–H groups in total. The highest BCUT2D eigenvalue weighted by atomic mass is 32.2. The summed E-state index contributed by atoms with van der Waals surface area (Å²) in [7, 11) is -1.84. The van der Waals surface area contributed by atoms with E-state index in [4.69, 9.17) is 0 Å². The number of carbonyl (C=O) groups excluding carboxylic acids is 1. The molecule has 154 valence electrons. The number of rotatable bonds is 8. The maximum Gasteiger partial charge on any atom is 0.260 e. The Balaban J connectivity index is 1.87. The van der Waals surface area contributed by atoms with Crippen LogP contribution < -0.4 is 4.72 Å². The summed E-state index contributed by atoms with van der Waals surface area (Å²) in [6.45, 7) is 3.58. The second-order valence-electron chi connectivity index (χ2n) is 6.93. The van der Waals surface area contributed by atoms with Gasteiger partial charge in [-0.15, -0.1) is 0 Å². The van der Waals surface area contributed by atoms with E-state index >= 15 is 0 Å². The number of aryl methyl sites for hydroxylation is 1. The molecule has 3 heterocycles. The minimum atomic E-state index is -3.64. The second-order valence-corrected chi connectivity index (χ2v) is 8.78. The van der Waals surface area contributed by atoms with Crippen LogP contribution in [-0.2, 0) is 21.9 Å². The quantitative estimate of drug-likeness (QED) is 0.451. The summed E-state index contributed by atoms with van der Waals surface area (Å²) >= 11 is 0. The minimum Gasteiger partial charge on any atom is -0.285 e. The lowest BCUT2D eigenvalue weighted by Crippen LogP contribution is -2.33. The smallest absolute Gasteiger partial charge is 0.260 e. The van der Waals surface area contributed by atoms with E-state index in [-0.39, 0.29) is 11.3 Å². The van der Waals surface area contributed by atoms with Gasteiger partial charge in [-0.2, -0.15) is 5.10 Å². The van der Waals surface area contributed by atoms with E-state index in [0.717, 1.165) is 29.7 Å². The predicted octanol–water partition coefficient (Wildman–Crippen LogP) is 2.80. The summed E-state index contributed by atoms with van der Waals surface area (Å²) < 4.78 is 29.9. The molecule has 0 aromatic carbocycles. The average molecular weight is 416 g/mol. The van der Waals surface area contributed by atoms with Crippen LogP contribution in [0.4, 0.5) is 0 Å². The molecule has 0 unspecified atom stereocenters. The van der Waals surface area contributed by atoms with Crippen LogP contribution in [0.15, 0.2) is 42.4 Å². The number of unbranched alkanes of at least 4 members (excludes halogenated alkanes) is 2. The molecule has 8 nitrogen and oxygen atoms in total. The molecule has 9 heteroatoms. The van der Waals surface area contributed by atoms with Crippen LogP contribution in [0.25, 0.3) is 22.9 Å². The molecule has 1 amide bonds. The minimum absolute atomic E-state index is 0.0565. The molecule has 0 aliphatic rings. The number of carbonyl (C=O) groups is 1. The van der Waals surface area contributed by atoms with Crippen LogP contribution in [0.1, 0.15) is 38.7 Å². The van der Waals surface area contributed by atoms with Crippen LogP contribution in [0.2, 0.25) is 0 Å². The zero-order valence-electron chi connectivity index (χ0n) is 16.8. The van der Waals surface area contributed by atoms with Crippen LogP contribution in [0.5, 0.6) is 0 Å². The fraction of sp³-hybridized carbons (Fsp3) is 0.350. The number of fused-ring (bicyclic) bond motifs is 1. The number of aromatic nitrogens is 4. The zero-order chi connectivity index (χ0) is 21.0. The molecule has 0 atom stereocenters. The van der Waals surface area contributed by atoms with E-state index in [1.54, 1.807) is 37.1 Å². The van der Waals surface area contributed by atoms with Gasteiger partial charge in [0.2, 0.25) is 10.0 Å². The SMILES string of the molecule is CCCCCS(=O)(=O)NC(=O)C(C)=Cc1cnn(C)c1-n1ccc2cccnc21. The predicted molar refractivity (Wildman–Crippen MR) is 113 cm³/mol. The van der Waals surface area contributed by atoms with Crippen LogP contribution >= 0.6 is 0 Å². The number of pyridine rings is 1. The number of hydrogen-bond donors (Lipinski definition) is 1. The largest absolute Gasteiger partial charge is 0.285 e. The first-order chi connectivity index (χ1) is 13.8. The van der Waals surface area contributed by atoms with Gasteiger partial charge in [0, 0.05) is 36.0 Å². The maximum atomic E-state index is 12.4. The lowest BCUT2D eigenvalue weighted by Gasteiger charge is -2.09. The Morgan fingerprint density at radius 2 is 2.07 bits per heavy atom. The molecule has 29 heavy (non-hydrogen) atoms. The van der Waals surface area contributed by atoms with Gasteiger partial charge in [-0.05, 0) is 37.6 Å². The topological polar surface area (TPSA) is 98.9 Å². The number of sulfonamides is 1. The molecule has 3 aromatic rings. The van der Waals surface area contributed by atoms with E-state index in [0.29, 0.717) is 12.0 Å². The van der Waals surface area contributed by atoms with Gasteiger partial charge in [-0.3, -0.25) is 14.0 Å². The number of hydrogen-bond acceptors (Lipinski definition) is 5. The van der Waals surface area contributed by atoms with Crippen molar-refractivity contribution in [3.63, 3.8) is 0 Å². The Hall–Kier alpha value is -2.94. The molecule has 0 spiro atoms. The summed E-state index contributed by atoms with van der Waals surface area (Å²) in [6, 6.07) is 5.78. The molecule has 0 radical (unpaired) electrons. The molecule has 0 bridgehead atoms. The van der Waals surface area contributed by atoms with Crippen molar-refractivity contribution < 1.29 is 13.2 Å². The van der Waals surface area contributed by atoms with Crippen molar-refractivity contribution >= 4 is 33.0 Å². The maximum absolute atomic E-state index is 12.4. The van der Waals surface area contributed by atoms with Crippen molar-refractivity contribution in [2.45, 2.75) is 33.1 Å². The van der Waals surface area contributed by atoms with Gasteiger partial charge < -0.3 is 0 Å². The average Bonchev–Trinajstić information content (AvgIpc) is 3.24. The standard InChI is InChI=1S/C20H25N5O3S/c1-4-5-6-12-29(27,28)23-19(26)15(2)13-17-14-22-24(3)20(17)25-11-9-16-8-7-10-21-18(16)25/h7-11,13-14H,4-6,12H2,1-3H3,(H,23,26). The van der Waals surface area contributed by atoms with Crippen molar-refractivity contribution in [1.82, 2.24) is 24.1 Å². The van der Waals surface area contributed by atoms with Gasteiger partial charge in [0.1, 0.15) is 11.5 Å². The summed E-state index contributed by atoms with van der Waals surface area (Å²) in [5.74, 6) is 0.0439. The number of amides is 1. The number of nitrogens with zero attached hydrogens (tertiary/aromatic N) is 4.